The van der Waals surface area contributed by atoms with E-state index in [1.807, 2.05) is 38.1 Å². The summed E-state index contributed by atoms with van der Waals surface area (Å²) in [6.07, 6.45) is 2.80. The van der Waals surface area contributed by atoms with Crippen molar-refractivity contribution in [1.29, 1.82) is 0 Å². The number of aryl methyl sites for hydroxylation is 2. The molecule has 0 spiro atoms. The van der Waals surface area contributed by atoms with Crippen molar-refractivity contribution < 1.29 is 14.1 Å². The van der Waals surface area contributed by atoms with E-state index >= 15 is 0 Å². The molecule has 1 fully saturated rings. The van der Waals surface area contributed by atoms with Crippen LogP contribution in [0.1, 0.15) is 53.3 Å². The molecule has 6 nitrogen and oxygen atoms in total. The van der Waals surface area contributed by atoms with E-state index in [0.717, 1.165) is 47.3 Å². The number of ether oxygens (including phenoxy) is 1. The highest BCUT2D eigenvalue weighted by atomic mass is 32.1. The second-order valence-corrected chi connectivity index (χ2v) is 9.95. The van der Waals surface area contributed by atoms with Gasteiger partial charge in [-0.25, -0.2) is 0 Å². The summed E-state index contributed by atoms with van der Waals surface area (Å²) >= 11 is 1.77. The molecule has 1 aliphatic rings. The first kappa shape index (κ1) is 23.5. The molecule has 0 aliphatic carbocycles. The molecule has 1 saturated heterocycles. The van der Waals surface area contributed by atoms with Crippen LogP contribution in [0.4, 0.5) is 0 Å². The van der Waals surface area contributed by atoms with Crippen LogP contribution >= 0.6 is 11.3 Å². The molecule has 1 amide bonds. The normalized spacial score (nSPS) is 16.0. The molecule has 7 heteroatoms. The number of carbonyl (C=O) groups is 1. The van der Waals surface area contributed by atoms with Crippen LogP contribution in [0.25, 0.3) is 0 Å². The average Bonchev–Trinajstić information content (AvgIpc) is 3.45. The maximum absolute atomic E-state index is 12.7. The van der Waals surface area contributed by atoms with Crippen LogP contribution in [-0.2, 0) is 17.8 Å². The van der Waals surface area contributed by atoms with E-state index < -0.39 is 0 Å². The van der Waals surface area contributed by atoms with Gasteiger partial charge in [0, 0.05) is 11.4 Å². The number of thiophene rings is 1. The number of nitrogens with one attached hydrogen (secondary N) is 1. The zero-order valence-corrected chi connectivity index (χ0v) is 20.5. The van der Waals surface area contributed by atoms with Gasteiger partial charge in [0.2, 0.25) is 5.91 Å². The van der Waals surface area contributed by atoms with Crippen molar-refractivity contribution in [2.75, 3.05) is 19.6 Å². The molecular weight excluding hydrogens is 434 g/mol. The van der Waals surface area contributed by atoms with Crippen LogP contribution in [-0.4, -0.2) is 35.6 Å². The smallest absolute Gasteiger partial charge is 0.224 e. The summed E-state index contributed by atoms with van der Waals surface area (Å²) < 4.78 is 11.0. The molecule has 3 aromatic rings. The molecule has 2 aromatic heterocycles. The lowest BCUT2D eigenvalue weighted by Gasteiger charge is -2.36. The first-order chi connectivity index (χ1) is 16.0. The largest absolute Gasteiger partial charge is 0.489 e. The van der Waals surface area contributed by atoms with Crippen molar-refractivity contribution >= 4 is 17.2 Å². The van der Waals surface area contributed by atoms with Crippen molar-refractivity contribution in [3.8, 4) is 5.75 Å². The van der Waals surface area contributed by atoms with Crippen LogP contribution in [0.2, 0.25) is 0 Å². The highest BCUT2D eigenvalue weighted by Crippen LogP contribution is 2.29. The molecule has 1 unspecified atom stereocenters. The summed E-state index contributed by atoms with van der Waals surface area (Å²) in [5.74, 6) is 2.37. The predicted molar refractivity (Wildman–Crippen MR) is 130 cm³/mol. The zero-order chi connectivity index (χ0) is 23.2. The number of piperidine rings is 1. The molecule has 3 heterocycles. The Balaban J connectivity index is 1.28. The Bertz CT molecular complexity index is 1000. The fourth-order valence-corrected chi connectivity index (χ4v) is 5.12. The molecule has 176 valence electrons. The Morgan fingerprint density at radius 1 is 1.24 bits per heavy atom. The van der Waals surface area contributed by atoms with Crippen LogP contribution in [0, 0.1) is 19.8 Å². The minimum Gasteiger partial charge on any atom is -0.489 e. The molecule has 0 saturated carbocycles. The standard InChI is InChI=1S/C26H33N3O3S/c1-18-10-12-29(13-11-18)24(25-5-4-14-33-25)16-27-26(30)15-21-6-8-22(9-7-21)31-17-23-19(2)28-32-20(23)3/h4-9,14,18,24H,10-13,15-17H2,1-3H3,(H,27,30). The van der Waals surface area contributed by atoms with Gasteiger partial charge in [0.15, 0.2) is 0 Å². The van der Waals surface area contributed by atoms with Crippen LogP contribution in [0.5, 0.6) is 5.75 Å². The van der Waals surface area contributed by atoms with Gasteiger partial charge in [-0.3, -0.25) is 9.69 Å². The molecule has 1 aliphatic heterocycles. The van der Waals surface area contributed by atoms with Crippen molar-refractivity contribution in [3.63, 3.8) is 0 Å². The molecule has 0 bridgehead atoms. The first-order valence-electron chi connectivity index (χ1n) is 11.7. The Hall–Kier alpha value is -2.64. The van der Waals surface area contributed by atoms with Gasteiger partial charge in [-0.2, -0.15) is 0 Å². The van der Waals surface area contributed by atoms with Gasteiger partial charge in [-0.15, -0.1) is 11.3 Å². The third-order valence-corrected chi connectivity index (χ3v) is 7.45. The van der Waals surface area contributed by atoms with E-state index in [4.69, 9.17) is 9.26 Å². The van der Waals surface area contributed by atoms with E-state index in [1.54, 1.807) is 11.3 Å². The van der Waals surface area contributed by atoms with Crippen LogP contribution < -0.4 is 10.1 Å². The van der Waals surface area contributed by atoms with Gasteiger partial charge >= 0.3 is 0 Å². The molecule has 0 radical (unpaired) electrons. The zero-order valence-electron chi connectivity index (χ0n) is 19.7. The molecule has 1 N–H and O–H groups in total. The summed E-state index contributed by atoms with van der Waals surface area (Å²) in [6, 6.07) is 12.2. The number of benzene rings is 1. The highest BCUT2D eigenvalue weighted by molar-refractivity contribution is 7.10. The molecule has 33 heavy (non-hydrogen) atoms. The molecular formula is C26H33N3O3S. The van der Waals surface area contributed by atoms with Gasteiger partial charge in [0.05, 0.1) is 23.7 Å². The SMILES string of the molecule is Cc1noc(C)c1COc1ccc(CC(=O)NCC(c2cccs2)N2CCC(C)CC2)cc1. The number of amides is 1. The number of carbonyl (C=O) groups excluding carboxylic acids is 1. The summed E-state index contributed by atoms with van der Waals surface area (Å²) in [6.45, 7) is 9.37. The van der Waals surface area contributed by atoms with Gasteiger partial charge in [0.25, 0.3) is 0 Å². The van der Waals surface area contributed by atoms with Gasteiger partial charge in [-0.05, 0) is 74.8 Å². The second-order valence-electron chi connectivity index (χ2n) is 8.97. The van der Waals surface area contributed by atoms with Crippen molar-refractivity contribution in [2.45, 2.75) is 52.7 Å². The first-order valence-corrected chi connectivity index (χ1v) is 12.5. The Kier molecular flexibility index (Phi) is 7.83. The third kappa shape index (κ3) is 6.24. The van der Waals surface area contributed by atoms with Gasteiger partial charge in [-0.1, -0.05) is 30.3 Å². The van der Waals surface area contributed by atoms with E-state index in [0.29, 0.717) is 19.6 Å². The van der Waals surface area contributed by atoms with Crippen molar-refractivity contribution in [3.05, 3.63) is 69.2 Å². The lowest BCUT2D eigenvalue weighted by molar-refractivity contribution is -0.120. The number of hydrogen-bond donors (Lipinski definition) is 1. The number of nitrogens with zero attached hydrogens (tertiary/aromatic N) is 2. The Morgan fingerprint density at radius 3 is 2.64 bits per heavy atom. The number of rotatable bonds is 9. The van der Waals surface area contributed by atoms with E-state index in [-0.39, 0.29) is 11.9 Å². The Morgan fingerprint density at radius 2 is 2.00 bits per heavy atom. The van der Waals surface area contributed by atoms with Gasteiger partial charge in [0.1, 0.15) is 18.1 Å². The second kappa shape index (κ2) is 11.0. The topological polar surface area (TPSA) is 67.6 Å². The maximum atomic E-state index is 12.7. The lowest BCUT2D eigenvalue weighted by atomic mass is 9.97. The number of hydrogen-bond acceptors (Lipinski definition) is 6. The van der Waals surface area contributed by atoms with E-state index in [9.17, 15) is 4.79 Å². The molecule has 4 rings (SSSR count). The van der Waals surface area contributed by atoms with Crippen molar-refractivity contribution in [1.82, 2.24) is 15.4 Å². The molecule has 1 aromatic carbocycles. The third-order valence-electron chi connectivity index (χ3n) is 6.48. The highest BCUT2D eigenvalue weighted by Gasteiger charge is 2.25. The van der Waals surface area contributed by atoms with E-state index in [1.165, 1.54) is 17.7 Å². The lowest BCUT2D eigenvalue weighted by Crippen LogP contribution is -2.41. The van der Waals surface area contributed by atoms with Crippen LogP contribution in [0.15, 0.2) is 46.3 Å². The summed E-state index contributed by atoms with van der Waals surface area (Å²) in [5, 5.41) is 9.25. The van der Waals surface area contributed by atoms with Gasteiger partial charge < -0.3 is 14.6 Å². The summed E-state index contributed by atoms with van der Waals surface area (Å²) in [4.78, 5) is 16.5. The molecule has 1 atom stereocenters. The van der Waals surface area contributed by atoms with E-state index in [2.05, 4.69) is 39.8 Å². The fourth-order valence-electron chi connectivity index (χ4n) is 4.26. The quantitative estimate of drug-likeness (QED) is 0.476. The fraction of sp³-hybridized carbons (Fsp3) is 0.462. The monoisotopic (exact) mass is 467 g/mol. The summed E-state index contributed by atoms with van der Waals surface area (Å²) in [7, 11) is 0. The predicted octanol–water partition coefficient (Wildman–Crippen LogP) is 5.06. The minimum atomic E-state index is 0.0475. The Labute approximate surface area is 199 Å². The number of likely N-dealkylation sites (tertiary alicyclic amines) is 1. The van der Waals surface area contributed by atoms with Crippen molar-refractivity contribution in [2.24, 2.45) is 5.92 Å². The average molecular weight is 468 g/mol. The number of aromatic nitrogens is 1. The van der Waals surface area contributed by atoms with Crippen LogP contribution in [0.3, 0.4) is 0 Å². The minimum absolute atomic E-state index is 0.0475. The maximum Gasteiger partial charge on any atom is 0.224 e. The summed E-state index contributed by atoms with van der Waals surface area (Å²) in [5.41, 5.74) is 2.79.